The van der Waals surface area contributed by atoms with Crippen LogP contribution in [0.5, 0.6) is 0 Å². The maximum absolute atomic E-state index is 13.0. The number of hydrogen-bond acceptors (Lipinski definition) is 5. The maximum atomic E-state index is 13.0. The third-order valence-corrected chi connectivity index (χ3v) is 4.17. The first-order chi connectivity index (χ1) is 12.7. The lowest BCUT2D eigenvalue weighted by molar-refractivity contribution is -0.165. The standard InChI is InChI=1S/C21H31NO5/c1-6-8-14-21(16-23,18(24)26-7-2)22(20(3,4)5)19(25)27-15-17-12-10-9-11-13-17/h6,9-13,23H,1,7-8,14-16H2,2-5H3. The van der Waals surface area contributed by atoms with Crippen molar-refractivity contribution in [1.82, 2.24) is 4.90 Å². The Balaban J connectivity index is 3.22. The van der Waals surface area contributed by atoms with Crippen LogP contribution in [-0.4, -0.2) is 46.4 Å². The van der Waals surface area contributed by atoms with Gasteiger partial charge in [0.25, 0.3) is 0 Å². The van der Waals surface area contributed by atoms with E-state index in [2.05, 4.69) is 6.58 Å². The lowest BCUT2D eigenvalue weighted by Gasteiger charge is -2.47. The van der Waals surface area contributed by atoms with E-state index in [9.17, 15) is 14.7 Å². The molecule has 1 N–H and O–H groups in total. The van der Waals surface area contributed by atoms with E-state index < -0.39 is 29.7 Å². The van der Waals surface area contributed by atoms with Crippen molar-refractivity contribution in [3.05, 3.63) is 48.6 Å². The van der Waals surface area contributed by atoms with Crippen molar-refractivity contribution in [1.29, 1.82) is 0 Å². The third-order valence-electron chi connectivity index (χ3n) is 4.17. The third kappa shape index (κ3) is 5.82. The summed E-state index contributed by atoms with van der Waals surface area (Å²) in [7, 11) is 0. The fourth-order valence-electron chi connectivity index (χ4n) is 3.00. The number of allylic oxidation sites excluding steroid dienone is 1. The molecular weight excluding hydrogens is 346 g/mol. The number of hydrogen-bond donors (Lipinski definition) is 1. The highest BCUT2D eigenvalue weighted by Crippen LogP contribution is 2.32. The van der Waals surface area contributed by atoms with E-state index in [1.807, 2.05) is 30.3 Å². The topological polar surface area (TPSA) is 76.1 Å². The van der Waals surface area contributed by atoms with E-state index in [0.29, 0.717) is 6.42 Å². The second kappa shape index (κ2) is 10.1. The SMILES string of the molecule is C=CCCC(CO)(C(=O)OCC)N(C(=O)OCc1ccccc1)C(C)(C)C. The van der Waals surface area contributed by atoms with Gasteiger partial charge < -0.3 is 14.6 Å². The van der Waals surface area contributed by atoms with Crippen molar-refractivity contribution < 1.29 is 24.2 Å². The minimum atomic E-state index is -1.55. The molecule has 0 aliphatic rings. The predicted octanol–water partition coefficient (Wildman–Crippen LogP) is 3.68. The van der Waals surface area contributed by atoms with Crippen LogP contribution in [0.4, 0.5) is 4.79 Å². The molecule has 0 aliphatic heterocycles. The normalized spacial score (nSPS) is 13.4. The number of ether oxygens (including phenoxy) is 2. The number of carbonyl (C=O) groups excluding carboxylic acids is 2. The fraction of sp³-hybridized carbons (Fsp3) is 0.524. The highest BCUT2D eigenvalue weighted by Gasteiger charge is 2.52. The van der Waals surface area contributed by atoms with Crippen LogP contribution in [0.1, 0.15) is 46.1 Å². The Morgan fingerprint density at radius 2 is 1.81 bits per heavy atom. The second-order valence-electron chi connectivity index (χ2n) is 7.28. The van der Waals surface area contributed by atoms with Gasteiger partial charge in [-0.2, -0.15) is 0 Å². The van der Waals surface area contributed by atoms with Gasteiger partial charge in [-0.1, -0.05) is 36.4 Å². The van der Waals surface area contributed by atoms with Crippen LogP contribution in [0.2, 0.25) is 0 Å². The molecule has 1 rings (SSSR count). The molecule has 0 saturated carbocycles. The molecule has 0 fully saturated rings. The van der Waals surface area contributed by atoms with Crippen molar-refractivity contribution >= 4 is 12.1 Å². The summed E-state index contributed by atoms with van der Waals surface area (Å²) in [6.45, 7) is 10.4. The molecule has 0 radical (unpaired) electrons. The van der Waals surface area contributed by atoms with Crippen molar-refractivity contribution in [3.8, 4) is 0 Å². The molecule has 150 valence electrons. The van der Waals surface area contributed by atoms with Crippen LogP contribution >= 0.6 is 0 Å². The number of rotatable bonds is 9. The van der Waals surface area contributed by atoms with Crippen LogP contribution < -0.4 is 0 Å². The zero-order chi connectivity index (χ0) is 20.5. The minimum absolute atomic E-state index is 0.0675. The van der Waals surface area contributed by atoms with Crippen molar-refractivity contribution in [2.75, 3.05) is 13.2 Å². The van der Waals surface area contributed by atoms with Gasteiger partial charge in [-0.3, -0.25) is 4.90 Å². The molecule has 0 saturated heterocycles. The van der Waals surface area contributed by atoms with Gasteiger partial charge in [0, 0.05) is 5.54 Å². The summed E-state index contributed by atoms with van der Waals surface area (Å²) in [5, 5.41) is 10.2. The van der Waals surface area contributed by atoms with E-state index in [-0.39, 0.29) is 19.6 Å². The average Bonchev–Trinajstić information content (AvgIpc) is 2.63. The number of benzene rings is 1. The lowest BCUT2D eigenvalue weighted by Crippen LogP contribution is -2.66. The zero-order valence-electron chi connectivity index (χ0n) is 16.7. The van der Waals surface area contributed by atoms with Crippen molar-refractivity contribution in [2.45, 2.75) is 58.2 Å². The molecule has 1 aromatic carbocycles. The van der Waals surface area contributed by atoms with Gasteiger partial charge >= 0.3 is 12.1 Å². The van der Waals surface area contributed by atoms with Gasteiger partial charge in [0.15, 0.2) is 5.54 Å². The van der Waals surface area contributed by atoms with Gasteiger partial charge in [-0.15, -0.1) is 6.58 Å². The van der Waals surface area contributed by atoms with E-state index in [4.69, 9.17) is 9.47 Å². The molecule has 1 aromatic rings. The number of aliphatic hydroxyl groups is 1. The number of carbonyl (C=O) groups is 2. The molecule has 0 spiro atoms. The Hall–Kier alpha value is -2.34. The summed E-state index contributed by atoms with van der Waals surface area (Å²) in [6.07, 6.45) is 1.57. The molecule has 0 bridgehead atoms. The quantitative estimate of drug-likeness (QED) is 0.525. The molecule has 0 heterocycles. The van der Waals surface area contributed by atoms with E-state index in [1.165, 1.54) is 4.90 Å². The zero-order valence-corrected chi connectivity index (χ0v) is 16.7. The maximum Gasteiger partial charge on any atom is 0.411 e. The van der Waals surface area contributed by atoms with E-state index in [1.54, 1.807) is 33.8 Å². The molecule has 1 unspecified atom stereocenters. The van der Waals surface area contributed by atoms with Crippen LogP contribution in [0, 0.1) is 0 Å². The number of aliphatic hydroxyl groups excluding tert-OH is 1. The first kappa shape index (κ1) is 22.7. The largest absolute Gasteiger partial charge is 0.464 e. The Bertz CT molecular complexity index is 623. The summed E-state index contributed by atoms with van der Waals surface area (Å²) in [5.41, 5.74) is -1.50. The molecule has 6 heteroatoms. The highest BCUT2D eigenvalue weighted by atomic mass is 16.6. The van der Waals surface area contributed by atoms with Crippen LogP contribution in [0.15, 0.2) is 43.0 Å². The summed E-state index contributed by atoms with van der Waals surface area (Å²) >= 11 is 0. The number of esters is 1. The van der Waals surface area contributed by atoms with E-state index in [0.717, 1.165) is 5.56 Å². The Morgan fingerprint density at radius 3 is 2.30 bits per heavy atom. The van der Waals surface area contributed by atoms with Crippen LogP contribution in [0.3, 0.4) is 0 Å². The average molecular weight is 377 g/mol. The van der Waals surface area contributed by atoms with Gasteiger partial charge in [0.05, 0.1) is 13.2 Å². The van der Waals surface area contributed by atoms with Crippen LogP contribution in [-0.2, 0) is 20.9 Å². The molecule has 6 nitrogen and oxygen atoms in total. The van der Waals surface area contributed by atoms with Gasteiger partial charge in [0.1, 0.15) is 6.61 Å². The number of amides is 1. The highest BCUT2D eigenvalue weighted by molar-refractivity contribution is 5.86. The molecule has 27 heavy (non-hydrogen) atoms. The van der Waals surface area contributed by atoms with Gasteiger partial charge in [0.2, 0.25) is 0 Å². The molecule has 0 aromatic heterocycles. The van der Waals surface area contributed by atoms with Crippen molar-refractivity contribution in [3.63, 3.8) is 0 Å². The minimum Gasteiger partial charge on any atom is -0.464 e. The first-order valence-electron chi connectivity index (χ1n) is 9.13. The Morgan fingerprint density at radius 1 is 1.19 bits per heavy atom. The predicted molar refractivity (Wildman–Crippen MR) is 104 cm³/mol. The van der Waals surface area contributed by atoms with Crippen molar-refractivity contribution in [2.24, 2.45) is 0 Å². The monoisotopic (exact) mass is 377 g/mol. The fourth-order valence-corrected chi connectivity index (χ4v) is 3.00. The van der Waals surface area contributed by atoms with Gasteiger partial charge in [-0.05, 0) is 46.1 Å². The number of nitrogens with zero attached hydrogens (tertiary/aromatic N) is 1. The second-order valence-corrected chi connectivity index (χ2v) is 7.28. The summed E-state index contributed by atoms with van der Waals surface area (Å²) in [4.78, 5) is 27.1. The van der Waals surface area contributed by atoms with Gasteiger partial charge in [-0.25, -0.2) is 9.59 Å². The smallest absolute Gasteiger partial charge is 0.411 e. The Kier molecular flexibility index (Phi) is 8.50. The lowest BCUT2D eigenvalue weighted by atomic mass is 9.87. The Labute approximate surface area is 161 Å². The molecule has 0 aliphatic carbocycles. The first-order valence-corrected chi connectivity index (χ1v) is 9.13. The molecule has 1 atom stereocenters. The van der Waals surface area contributed by atoms with Crippen LogP contribution in [0.25, 0.3) is 0 Å². The van der Waals surface area contributed by atoms with E-state index >= 15 is 0 Å². The molecular formula is C21H31NO5. The summed E-state index contributed by atoms with van der Waals surface area (Å²) in [5.74, 6) is -0.652. The summed E-state index contributed by atoms with van der Waals surface area (Å²) in [6, 6.07) is 9.27. The summed E-state index contributed by atoms with van der Waals surface area (Å²) < 4.78 is 10.7. The molecule has 1 amide bonds.